The van der Waals surface area contributed by atoms with E-state index in [2.05, 4.69) is 4.98 Å². The fourth-order valence-corrected chi connectivity index (χ4v) is 1.45. The molecule has 0 aromatic carbocycles. The Kier molecular flexibility index (Phi) is 4.93. The molecule has 1 aromatic rings. The van der Waals surface area contributed by atoms with Crippen LogP contribution in [0.2, 0.25) is 0 Å². The number of halogens is 1. The molecule has 0 aliphatic rings. The van der Waals surface area contributed by atoms with Crippen LogP contribution in [0.5, 0.6) is 0 Å². The molecule has 0 N–H and O–H groups in total. The molecule has 0 amide bonds. The number of rotatable bonds is 6. The van der Waals surface area contributed by atoms with Crippen LogP contribution >= 0.6 is 11.6 Å². The molecule has 1 rings (SSSR count). The van der Waals surface area contributed by atoms with Crippen molar-refractivity contribution in [3.8, 4) is 0 Å². The average Bonchev–Trinajstić information content (AvgIpc) is 2.64. The molecule has 0 radical (unpaired) electrons. The van der Waals surface area contributed by atoms with Crippen molar-refractivity contribution in [3.05, 3.63) is 18.2 Å². The average molecular weight is 219 g/mol. The maximum Gasteiger partial charge on any atom is 0.0983 e. The normalized spacial score (nSPS) is 13.1. The predicted octanol–water partition coefficient (Wildman–Crippen LogP) is 1.28. The summed E-state index contributed by atoms with van der Waals surface area (Å²) >= 11 is 5.74. The third-order valence-corrected chi connectivity index (χ3v) is 2.30. The smallest absolute Gasteiger partial charge is 0.0983 e. The Morgan fingerprint density at radius 2 is 2.36 bits per heavy atom. The maximum absolute atomic E-state index is 5.74. The summed E-state index contributed by atoms with van der Waals surface area (Å²) in [7, 11) is 3.32. The van der Waals surface area contributed by atoms with Crippen molar-refractivity contribution in [2.75, 3.05) is 20.8 Å². The molecular weight excluding hydrogens is 204 g/mol. The van der Waals surface area contributed by atoms with Crippen LogP contribution < -0.4 is 0 Å². The van der Waals surface area contributed by atoms with Gasteiger partial charge in [-0.2, -0.15) is 0 Å². The second kappa shape index (κ2) is 6.01. The van der Waals surface area contributed by atoms with Gasteiger partial charge in [0.25, 0.3) is 0 Å². The van der Waals surface area contributed by atoms with E-state index < -0.39 is 0 Å². The van der Waals surface area contributed by atoms with Crippen molar-refractivity contribution >= 4 is 11.6 Å². The van der Waals surface area contributed by atoms with E-state index >= 15 is 0 Å². The summed E-state index contributed by atoms with van der Waals surface area (Å²) in [5.74, 6) is 0.462. The Labute approximate surface area is 88.8 Å². The van der Waals surface area contributed by atoms with Crippen molar-refractivity contribution in [1.29, 1.82) is 0 Å². The van der Waals surface area contributed by atoms with Crippen LogP contribution in [0.15, 0.2) is 12.5 Å². The molecule has 1 heterocycles. The second-order valence-electron chi connectivity index (χ2n) is 2.98. The van der Waals surface area contributed by atoms with Gasteiger partial charge in [-0.3, -0.25) is 0 Å². The maximum atomic E-state index is 5.74. The Morgan fingerprint density at radius 1 is 1.57 bits per heavy atom. The fraction of sp³-hybridized carbons (Fsp3) is 0.667. The minimum atomic E-state index is 0.0381. The van der Waals surface area contributed by atoms with Crippen LogP contribution in [-0.4, -0.2) is 36.5 Å². The summed E-state index contributed by atoms with van der Waals surface area (Å²) in [4.78, 5) is 4.02. The first kappa shape index (κ1) is 11.5. The van der Waals surface area contributed by atoms with E-state index in [-0.39, 0.29) is 6.10 Å². The van der Waals surface area contributed by atoms with Crippen molar-refractivity contribution in [2.45, 2.75) is 18.5 Å². The summed E-state index contributed by atoms with van der Waals surface area (Å²) in [6.07, 6.45) is 3.54. The van der Waals surface area contributed by atoms with Crippen LogP contribution in [0.1, 0.15) is 5.69 Å². The number of alkyl halides is 1. The quantitative estimate of drug-likeness (QED) is 0.675. The second-order valence-corrected chi connectivity index (χ2v) is 3.25. The molecule has 0 spiro atoms. The molecule has 0 aliphatic carbocycles. The summed E-state index contributed by atoms with van der Waals surface area (Å²) in [6, 6.07) is 0. The lowest BCUT2D eigenvalue weighted by molar-refractivity contribution is 0.0180. The van der Waals surface area contributed by atoms with E-state index in [9.17, 15) is 0 Å². The van der Waals surface area contributed by atoms with E-state index in [0.29, 0.717) is 19.0 Å². The molecule has 14 heavy (non-hydrogen) atoms. The number of ether oxygens (including phenoxy) is 2. The van der Waals surface area contributed by atoms with Gasteiger partial charge < -0.3 is 14.0 Å². The first-order valence-corrected chi connectivity index (χ1v) is 4.92. The Balaban J connectivity index is 2.56. The Bertz CT molecular complexity index is 265. The van der Waals surface area contributed by atoms with E-state index in [0.717, 1.165) is 5.69 Å². The number of methoxy groups -OCH3 is 2. The molecule has 0 saturated heterocycles. The summed E-state index contributed by atoms with van der Waals surface area (Å²) < 4.78 is 12.2. The lowest BCUT2D eigenvalue weighted by Gasteiger charge is -2.15. The van der Waals surface area contributed by atoms with Crippen LogP contribution in [0.4, 0.5) is 0 Å². The molecule has 5 heteroatoms. The van der Waals surface area contributed by atoms with Gasteiger partial charge >= 0.3 is 0 Å². The highest BCUT2D eigenvalue weighted by Gasteiger charge is 2.09. The lowest BCUT2D eigenvalue weighted by atomic mass is 10.3. The predicted molar refractivity (Wildman–Crippen MR) is 54.5 cm³/mol. The highest BCUT2D eigenvalue weighted by atomic mass is 35.5. The summed E-state index contributed by atoms with van der Waals surface area (Å²) in [5, 5.41) is 0. The monoisotopic (exact) mass is 218 g/mol. The zero-order valence-electron chi connectivity index (χ0n) is 8.44. The van der Waals surface area contributed by atoms with Gasteiger partial charge in [-0.05, 0) is 0 Å². The van der Waals surface area contributed by atoms with Crippen LogP contribution in [-0.2, 0) is 21.9 Å². The largest absolute Gasteiger partial charge is 0.382 e. The lowest BCUT2D eigenvalue weighted by Crippen LogP contribution is -2.24. The van der Waals surface area contributed by atoms with Gasteiger partial charge in [0.1, 0.15) is 0 Å². The van der Waals surface area contributed by atoms with Gasteiger partial charge in [-0.15, -0.1) is 11.6 Å². The molecule has 0 fully saturated rings. The zero-order chi connectivity index (χ0) is 10.4. The number of aromatic nitrogens is 2. The highest BCUT2D eigenvalue weighted by Crippen LogP contribution is 2.05. The van der Waals surface area contributed by atoms with E-state index in [1.54, 1.807) is 26.7 Å². The Hall–Kier alpha value is -0.580. The molecule has 80 valence electrons. The van der Waals surface area contributed by atoms with Gasteiger partial charge in [0.05, 0.1) is 37.2 Å². The van der Waals surface area contributed by atoms with Crippen molar-refractivity contribution < 1.29 is 9.47 Å². The summed E-state index contributed by atoms with van der Waals surface area (Å²) in [5.41, 5.74) is 0.991. The molecule has 1 atom stereocenters. The van der Waals surface area contributed by atoms with Gasteiger partial charge in [0.2, 0.25) is 0 Å². The first-order chi connectivity index (χ1) is 6.81. The molecule has 0 bridgehead atoms. The zero-order valence-corrected chi connectivity index (χ0v) is 9.20. The van der Waals surface area contributed by atoms with Gasteiger partial charge in [-0.1, -0.05) is 0 Å². The van der Waals surface area contributed by atoms with E-state index in [1.807, 2.05) is 4.57 Å². The first-order valence-electron chi connectivity index (χ1n) is 4.38. The molecule has 1 unspecified atom stereocenters. The van der Waals surface area contributed by atoms with Crippen LogP contribution in [0, 0.1) is 0 Å². The third kappa shape index (κ3) is 2.97. The minimum Gasteiger partial charge on any atom is -0.382 e. The summed E-state index contributed by atoms with van der Waals surface area (Å²) in [6.45, 7) is 1.28. The van der Waals surface area contributed by atoms with Gasteiger partial charge in [0, 0.05) is 20.4 Å². The molecular formula is C9H15ClN2O2. The number of hydrogen-bond acceptors (Lipinski definition) is 3. The topological polar surface area (TPSA) is 36.3 Å². The standard InChI is InChI=1S/C9H15ClN2O2/c1-13-6-9(14-2)5-12-7-11-4-8(12)3-10/h4,7,9H,3,5-6H2,1-2H3. The Morgan fingerprint density at radius 3 is 2.93 bits per heavy atom. The molecule has 0 saturated carbocycles. The molecule has 1 aromatic heterocycles. The SMILES string of the molecule is COCC(Cn1cncc1CCl)OC. The van der Waals surface area contributed by atoms with Gasteiger partial charge in [-0.25, -0.2) is 4.98 Å². The van der Waals surface area contributed by atoms with E-state index in [4.69, 9.17) is 21.1 Å². The number of hydrogen-bond donors (Lipinski definition) is 0. The van der Waals surface area contributed by atoms with Crippen LogP contribution in [0.25, 0.3) is 0 Å². The third-order valence-electron chi connectivity index (χ3n) is 2.02. The molecule has 4 nitrogen and oxygen atoms in total. The van der Waals surface area contributed by atoms with Crippen LogP contribution in [0.3, 0.4) is 0 Å². The van der Waals surface area contributed by atoms with Crippen molar-refractivity contribution in [1.82, 2.24) is 9.55 Å². The number of nitrogens with zero attached hydrogens (tertiary/aromatic N) is 2. The molecule has 0 aliphatic heterocycles. The number of imidazole rings is 1. The highest BCUT2D eigenvalue weighted by molar-refractivity contribution is 6.16. The van der Waals surface area contributed by atoms with Crippen molar-refractivity contribution in [2.24, 2.45) is 0 Å². The van der Waals surface area contributed by atoms with Crippen molar-refractivity contribution in [3.63, 3.8) is 0 Å². The van der Waals surface area contributed by atoms with Gasteiger partial charge in [0.15, 0.2) is 0 Å². The minimum absolute atomic E-state index is 0.0381. The van der Waals surface area contributed by atoms with E-state index in [1.165, 1.54) is 0 Å². The fourth-order valence-electron chi connectivity index (χ4n) is 1.22.